The van der Waals surface area contributed by atoms with Crippen LogP contribution in [0.5, 0.6) is 5.75 Å². The maximum atomic E-state index is 13.1. The summed E-state index contributed by atoms with van der Waals surface area (Å²) in [5.74, 6) is 0.117. The first-order valence-electron chi connectivity index (χ1n) is 6.30. The van der Waals surface area contributed by atoms with Crippen LogP contribution in [0, 0.1) is 12.7 Å². The Labute approximate surface area is 117 Å². The molecule has 2 rings (SSSR count). The number of carbonyl (C=O) groups excluding carboxylic acids is 1. The molecular formula is C16H16FNO2. The Bertz CT molecular complexity index is 626. The number of hydrogen-bond acceptors (Lipinski definition) is 2. The maximum Gasteiger partial charge on any atom is 0.221 e. The summed E-state index contributed by atoms with van der Waals surface area (Å²) in [6.07, 6.45) is 0. The van der Waals surface area contributed by atoms with Crippen LogP contribution in [-0.4, -0.2) is 5.91 Å². The lowest BCUT2D eigenvalue weighted by molar-refractivity contribution is -0.114. The van der Waals surface area contributed by atoms with E-state index in [2.05, 4.69) is 5.32 Å². The zero-order valence-corrected chi connectivity index (χ0v) is 11.4. The van der Waals surface area contributed by atoms with E-state index in [0.717, 1.165) is 11.1 Å². The number of halogens is 1. The van der Waals surface area contributed by atoms with E-state index in [-0.39, 0.29) is 18.3 Å². The topological polar surface area (TPSA) is 38.3 Å². The number of hydrogen-bond donors (Lipinski definition) is 1. The van der Waals surface area contributed by atoms with Gasteiger partial charge in [0.05, 0.1) is 5.69 Å². The molecule has 0 unspecified atom stereocenters. The van der Waals surface area contributed by atoms with Gasteiger partial charge < -0.3 is 10.1 Å². The molecule has 0 fully saturated rings. The van der Waals surface area contributed by atoms with Crippen molar-refractivity contribution in [2.75, 3.05) is 5.32 Å². The molecule has 0 aliphatic rings. The normalized spacial score (nSPS) is 10.2. The van der Waals surface area contributed by atoms with E-state index in [4.69, 9.17) is 4.74 Å². The zero-order valence-electron chi connectivity index (χ0n) is 11.4. The van der Waals surface area contributed by atoms with E-state index in [1.807, 2.05) is 19.1 Å². The van der Waals surface area contributed by atoms with Gasteiger partial charge in [-0.1, -0.05) is 18.2 Å². The summed E-state index contributed by atoms with van der Waals surface area (Å²) in [6.45, 7) is 3.62. The number of amides is 1. The monoisotopic (exact) mass is 273 g/mol. The first-order chi connectivity index (χ1) is 9.54. The first-order valence-corrected chi connectivity index (χ1v) is 6.30. The van der Waals surface area contributed by atoms with Crippen LogP contribution in [0.1, 0.15) is 18.1 Å². The highest BCUT2D eigenvalue weighted by Crippen LogP contribution is 2.26. The number of nitrogens with one attached hydrogen (secondary N) is 1. The summed E-state index contributed by atoms with van der Waals surface area (Å²) in [4.78, 5) is 11.2. The van der Waals surface area contributed by atoms with E-state index in [1.165, 1.54) is 19.1 Å². The summed E-state index contributed by atoms with van der Waals surface area (Å²) in [7, 11) is 0. The number of benzene rings is 2. The van der Waals surface area contributed by atoms with Gasteiger partial charge in [-0.2, -0.15) is 0 Å². The molecule has 0 bridgehead atoms. The van der Waals surface area contributed by atoms with Gasteiger partial charge in [-0.3, -0.25) is 4.79 Å². The molecule has 2 aromatic carbocycles. The van der Waals surface area contributed by atoms with E-state index in [9.17, 15) is 9.18 Å². The van der Waals surface area contributed by atoms with E-state index < -0.39 is 0 Å². The Morgan fingerprint density at radius 2 is 2.05 bits per heavy atom. The third-order valence-corrected chi connectivity index (χ3v) is 2.73. The highest BCUT2D eigenvalue weighted by Gasteiger charge is 2.06. The molecule has 3 nitrogen and oxygen atoms in total. The lowest BCUT2D eigenvalue weighted by Gasteiger charge is -2.12. The molecule has 0 radical (unpaired) electrons. The minimum absolute atomic E-state index is 0.163. The number of aryl methyl sites for hydroxylation is 1. The van der Waals surface area contributed by atoms with Gasteiger partial charge in [-0.05, 0) is 42.3 Å². The van der Waals surface area contributed by atoms with Crippen LogP contribution in [0.2, 0.25) is 0 Å². The summed E-state index contributed by atoms with van der Waals surface area (Å²) < 4.78 is 18.8. The lowest BCUT2D eigenvalue weighted by atomic mass is 10.2. The van der Waals surface area contributed by atoms with Gasteiger partial charge in [0.2, 0.25) is 5.91 Å². The molecule has 0 atom stereocenters. The van der Waals surface area contributed by atoms with Gasteiger partial charge in [0.1, 0.15) is 18.2 Å². The second-order valence-corrected chi connectivity index (χ2v) is 4.60. The van der Waals surface area contributed by atoms with Crippen molar-refractivity contribution in [1.82, 2.24) is 0 Å². The van der Waals surface area contributed by atoms with Crippen molar-refractivity contribution < 1.29 is 13.9 Å². The number of anilines is 1. The van der Waals surface area contributed by atoms with Crippen molar-refractivity contribution in [2.45, 2.75) is 20.5 Å². The molecule has 0 spiro atoms. The van der Waals surface area contributed by atoms with E-state index in [1.54, 1.807) is 18.2 Å². The van der Waals surface area contributed by atoms with Crippen LogP contribution in [0.25, 0.3) is 0 Å². The second kappa shape index (κ2) is 6.19. The lowest BCUT2D eigenvalue weighted by Crippen LogP contribution is -2.08. The van der Waals surface area contributed by atoms with Crippen LogP contribution in [0.15, 0.2) is 42.5 Å². The molecule has 0 saturated carbocycles. The van der Waals surface area contributed by atoms with Crippen molar-refractivity contribution >= 4 is 11.6 Å². The third kappa shape index (κ3) is 3.82. The van der Waals surface area contributed by atoms with Crippen molar-refractivity contribution in [3.05, 3.63) is 59.4 Å². The molecule has 0 aromatic heterocycles. The molecule has 20 heavy (non-hydrogen) atoms. The Hall–Kier alpha value is -2.36. The Morgan fingerprint density at radius 1 is 1.25 bits per heavy atom. The molecule has 0 heterocycles. The molecule has 0 aliphatic heterocycles. The summed E-state index contributed by atoms with van der Waals surface area (Å²) in [5.41, 5.74) is 2.37. The highest BCUT2D eigenvalue weighted by atomic mass is 19.1. The number of ether oxygens (including phenoxy) is 1. The van der Waals surface area contributed by atoms with Gasteiger partial charge in [0.25, 0.3) is 0 Å². The van der Waals surface area contributed by atoms with Crippen molar-refractivity contribution in [2.24, 2.45) is 0 Å². The first kappa shape index (κ1) is 14.1. The molecule has 0 saturated heterocycles. The fourth-order valence-corrected chi connectivity index (χ4v) is 1.83. The van der Waals surface area contributed by atoms with Crippen molar-refractivity contribution in [3.8, 4) is 5.75 Å². The molecule has 0 aliphatic carbocycles. The van der Waals surface area contributed by atoms with Gasteiger partial charge in [0, 0.05) is 6.92 Å². The summed E-state index contributed by atoms with van der Waals surface area (Å²) >= 11 is 0. The van der Waals surface area contributed by atoms with Gasteiger partial charge in [-0.25, -0.2) is 4.39 Å². The van der Waals surface area contributed by atoms with Gasteiger partial charge in [-0.15, -0.1) is 0 Å². The SMILES string of the molecule is CC(=O)Nc1ccc(C)cc1OCc1cccc(F)c1. The van der Waals surface area contributed by atoms with Crippen LogP contribution in [0.4, 0.5) is 10.1 Å². The minimum Gasteiger partial charge on any atom is -0.487 e. The van der Waals surface area contributed by atoms with Crippen LogP contribution >= 0.6 is 0 Å². The summed E-state index contributed by atoms with van der Waals surface area (Å²) in [6, 6.07) is 11.8. The summed E-state index contributed by atoms with van der Waals surface area (Å²) in [5, 5.41) is 2.71. The van der Waals surface area contributed by atoms with Gasteiger partial charge >= 0.3 is 0 Å². The van der Waals surface area contributed by atoms with E-state index >= 15 is 0 Å². The largest absolute Gasteiger partial charge is 0.487 e. The Kier molecular flexibility index (Phi) is 4.35. The number of rotatable bonds is 4. The highest BCUT2D eigenvalue weighted by molar-refractivity contribution is 5.90. The Morgan fingerprint density at radius 3 is 2.75 bits per heavy atom. The van der Waals surface area contributed by atoms with Crippen LogP contribution in [-0.2, 0) is 11.4 Å². The smallest absolute Gasteiger partial charge is 0.221 e. The van der Waals surface area contributed by atoms with Crippen molar-refractivity contribution in [3.63, 3.8) is 0 Å². The second-order valence-electron chi connectivity index (χ2n) is 4.60. The molecule has 2 aromatic rings. The van der Waals surface area contributed by atoms with E-state index in [0.29, 0.717) is 11.4 Å². The third-order valence-electron chi connectivity index (χ3n) is 2.73. The quantitative estimate of drug-likeness (QED) is 0.923. The predicted molar refractivity (Wildman–Crippen MR) is 76.2 cm³/mol. The molecule has 1 N–H and O–H groups in total. The Balaban J connectivity index is 2.15. The van der Waals surface area contributed by atoms with Crippen LogP contribution < -0.4 is 10.1 Å². The maximum absolute atomic E-state index is 13.1. The standard InChI is InChI=1S/C16H16FNO2/c1-11-6-7-15(18-12(2)19)16(8-11)20-10-13-4-3-5-14(17)9-13/h3-9H,10H2,1-2H3,(H,18,19). The fraction of sp³-hybridized carbons (Fsp3) is 0.188. The zero-order chi connectivity index (χ0) is 14.5. The van der Waals surface area contributed by atoms with Crippen molar-refractivity contribution in [1.29, 1.82) is 0 Å². The molecular weight excluding hydrogens is 257 g/mol. The number of carbonyl (C=O) groups is 1. The van der Waals surface area contributed by atoms with Gasteiger partial charge in [0.15, 0.2) is 0 Å². The fourth-order valence-electron chi connectivity index (χ4n) is 1.83. The average molecular weight is 273 g/mol. The molecule has 104 valence electrons. The average Bonchev–Trinajstić information content (AvgIpc) is 2.39. The predicted octanol–water partition coefficient (Wildman–Crippen LogP) is 3.67. The molecule has 1 amide bonds. The molecule has 4 heteroatoms. The van der Waals surface area contributed by atoms with Crippen LogP contribution in [0.3, 0.4) is 0 Å². The minimum atomic E-state index is -0.294.